The third kappa shape index (κ3) is 4.63. The Morgan fingerprint density at radius 2 is 2.37 bits per heavy atom. The first-order valence-electron chi connectivity index (χ1n) is 6.83. The lowest BCUT2D eigenvalue weighted by Crippen LogP contribution is -2.37. The minimum Gasteiger partial charge on any atom is -0.468 e. The normalized spacial score (nSPS) is 22.3. The molecule has 1 aromatic heterocycles. The van der Waals surface area contributed by atoms with Gasteiger partial charge in [0.15, 0.2) is 0 Å². The molecule has 108 valence electrons. The molecule has 2 heterocycles. The fourth-order valence-corrected chi connectivity index (χ4v) is 3.76. The first kappa shape index (κ1) is 14.6. The summed E-state index contributed by atoms with van der Waals surface area (Å²) in [6.45, 7) is 2.79. The number of nitrogens with one attached hydrogen (secondary N) is 2. The molecular formula is C13H22N2O3S. The lowest BCUT2D eigenvalue weighted by atomic mass is 10.0. The first-order valence-corrected chi connectivity index (χ1v) is 8.49. The second-order valence-corrected chi connectivity index (χ2v) is 6.98. The van der Waals surface area contributed by atoms with Gasteiger partial charge in [0.2, 0.25) is 10.0 Å². The van der Waals surface area contributed by atoms with E-state index in [-0.39, 0.29) is 11.8 Å². The molecule has 6 heteroatoms. The van der Waals surface area contributed by atoms with E-state index in [0.717, 1.165) is 13.0 Å². The van der Waals surface area contributed by atoms with Crippen LogP contribution in [0.15, 0.2) is 22.8 Å². The topological polar surface area (TPSA) is 71.3 Å². The van der Waals surface area contributed by atoms with Gasteiger partial charge in [0, 0.05) is 6.04 Å². The molecule has 0 spiro atoms. The van der Waals surface area contributed by atoms with Gasteiger partial charge in [-0.15, -0.1) is 0 Å². The molecule has 2 atom stereocenters. The number of hydrogen-bond acceptors (Lipinski definition) is 4. The Morgan fingerprint density at radius 3 is 3.00 bits per heavy atom. The van der Waals surface area contributed by atoms with Gasteiger partial charge < -0.3 is 9.73 Å². The predicted octanol–water partition coefficient (Wildman–Crippen LogP) is 1.79. The lowest BCUT2D eigenvalue weighted by molar-refractivity contribution is 0.391. The van der Waals surface area contributed by atoms with Crippen LogP contribution < -0.4 is 10.0 Å². The minimum absolute atomic E-state index is 0.162. The zero-order chi connectivity index (χ0) is 13.7. The van der Waals surface area contributed by atoms with Crippen LogP contribution in [0.3, 0.4) is 0 Å². The minimum atomic E-state index is -3.26. The summed E-state index contributed by atoms with van der Waals surface area (Å²) >= 11 is 0. The van der Waals surface area contributed by atoms with Gasteiger partial charge in [-0.3, -0.25) is 0 Å². The van der Waals surface area contributed by atoms with Gasteiger partial charge in [0.25, 0.3) is 0 Å². The van der Waals surface area contributed by atoms with Crippen molar-refractivity contribution in [2.75, 3.05) is 12.3 Å². The van der Waals surface area contributed by atoms with Crippen LogP contribution in [0.4, 0.5) is 0 Å². The van der Waals surface area contributed by atoms with Crippen molar-refractivity contribution in [3.63, 3.8) is 0 Å². The van der Waals surface area contributed by atoms with E-state index in [2.05, 4.69) is 10.0 Å². The number of rotatable bonds is 6. The van der Waals surface area contributed by atoms with Crippen molar-refractivity contribution < 1.29 is 12.8 Å². The quantitative estimate of drug-likeness (QED) is 0.836. The van der Waals surface area contributed by atoms with E-state index in [4.69, 9.17) is 4.42 Å². The Balaban J connectivity index is 1.81. The van der Waals surface area contributed by atoms with E-state index >= 15 is 0 Å². The molecule has 0 aromatic carbocycles. The predicted molar refractivity (Wildman–Crippen MR) is 74.3 cm³/mol. The van der Waals surface area contributed by atoms with Gasteiger partial charge in [-0.1, -0.05) is 6.42 Å². The highest BCUT2D eigenvalue weighted by Gasteiger charge is 2.20. The van der Waals surface area contributed by atoms with Crippen LogP contribution in [-0.2, 0) is 10.0 Å². The van der Waals surface area contributed by atoms with E-state index in [1.807, 2.05) is 0 Å². The van der Waals surface area contributed by atoms with E-state index in [0.29, 0.717) is 18.2 Å². The standard InChI is InChI=1S/C13H22N2O3S/c1-11(13-6-4-9-18-13)15-19(16,17)10-7-12-5-2-3-8-14-12/h4,6,9,11-12,14-15H,2-3,5,7-8,10H2,1H3. The Morgan fingerprint density at radius 1 is 1.53 bits per heavy atom. The molecular weight excluding hydrogens is 264 g/mol. The highest BCUT2D eigenvalue weighted by molar-refractivity contribution is 7.89. The van der Waals surface area contributed by atoms with Gasteiger partial charge in [-0.05, 0) is 44.9 Å². The average Bonchev–Trinajstić information content (AvgIpc) is 2.91. The van der Waals surface area contributed by atoms with E-state index in [1.165, 1.54) is 12.8 Å². The zero-order valence-electron chi connectivity index (χ0n) is 11.3. The van der Waals surface area contributed by atoms with Gasteiger partial charge >= 0.3 is 0 Å². The van der Waals surface area contributed by atoms with E-state index in [1.54, 1.807) is 25.3 Å². The molecule has 0 bridgehead atoms. The number of sulfonamides is 1. The summed E-state index contributed by atoms with van der Waals surface area (Å²) < 4.78 is 31.8. The van der Waals surface area contributed by atoms with Crippen LogP contribution in [0.25, 0.3) is 0 Å². The summed E-state index contributed by atoms with van der Waals surface area (Å²) in [5.41, 5.74) is 0. The molecule has 2 N–H and O–H groups in total. The molecule has 0 amide bonds. The van der Waals surface area contributed by atoms with Crippen LogP contribution in [0, 0.1) is 0 Å². The monoisotopic (exact) mass is 286 g/mol. The highest BCUT2D eigenvalue weighted by atomic mass is 32.2. The fraction of sp³-hybridized carbons (Fsp3) is 0.692. The maximum absolute atomic E-state index is 12.0. The van der Waals surface area contributed by atoms with Crippen molar-refractivity contribution in [2.24, 2.45) is 0 Å². The number of hydrogen-bond donors (Lipinski definition) is 2. The molecule has 0 radical (unpaired) electrons. The largest absolute Gasteiger partial charge is 0.468 e. The smallest absolute Gasteiger partial charge is 0.212 e. The summed E-state index contributed by atoms with van der Waals surface area (Å²) in [4.78, 5) is 0. The number of piperidine rings is 1. The molecule has 2 unspecified atom stereocenters. The van der Waals surface area contributed by atoms with Crippen molar-refractivity contribution >= 4 is 10.0 Å². The third-order valence-corrected chi connectivity index (χ3v) is 4.96. The van der Waals surface area contributed by atoms with E-state index < -0.39 is 10.0 Å². The van der Waals surface area contributed by atoms with Gasteiger partial charge in [-0.25, -0.2) is 13.1 Å². The molecule has 0 aliphatic carbocycles. The molecule has 1 saturated heterocycles. The maximum atomic E-state index is 12.0. The van der Waals surface area contributed by atoms with Crippen LogP contribution in [-0.4, -0.2) is 26.8 Å². The van der Waals surface area contributed by atoms with Crippen LogP contribution in [0.2, 0.25) is 0 Å². The first-order chi connectivity index (χ1) is 9.07. The van der Waals surface area contributed by atoms with Gasteiger partial charge in [0.1, 0.15) is 5.76 Å². The lowest BCUT2D eigenvalue weighted by Gasteiger charge is -2.23. The average molecular weight is 286 g/mol. The Kier molecular flexibility index (Phi) is 5.01. The molecule has 19 heavy (non-hydrogen) atoms. The molecule has 1 fully saturated rings. The van der Waals surface area contributed by atoms with Crippen LogP contribution >= 0.6 is 0 Å². The SMILES string of the molecule is CC(NS(=O)(=O)CCC1CCCCN1)c1ccco1. The summed E-state index contributed by atoms with van der Waals surface area (Å²) in [5, 5.41) is 3.36. The van der Waals surface area contributed by atoms with Crippen molar-refractivity contribution in [2.45, 2.75) is 44.7 Å². The second kappa shape index (κ2) is 6.54. The molecule has 0 saturated carbocycles. The Bertz CT molecular complexity index is 464. The van der Waals surface area contributed by atoms with Crippen molar-refractivity contribution in [1.29, 1.82) is 0 Å². The summed E-state index contributed by atoms with van der Waals surface area (Å²) in [6.07, 6.45) is 5.67. The maximum Gasteiger partial charge on any atom is 0.212 e. The summed E-state index contributed by atoms with van der Waals surface area (Å²) in [5.74, 6) is 0.801. The number of furan rings is 1. The molecule has 1 aliphatic rings. The molecule has 1 aliphatic heterocycles. The Hall–Kier alpha value is -0.850. The summed E-state index contributed by atoms with van der Waals surface area (Å²) in [7, 11) is -3.26. The Labute approximate surface area is 114 Å². The van der Waals surface area contributed by atoms with Crippen molar-refractivity contribution in [3.05, 3.63) is 24.2 Å². The van der Waals surface area contributed by atoms with Crippen LogP contribution in [0.1, 0.15) is 44.4 Å². The van der Waals surface area contributed by atoms with E-state index in [9.17, 15) is 8.42 Å². The van der Waals surface area contributed by atoms with Crippen molar-refractivity contribution in [3.8, 4) is 0 Å². The zero-order valence-corrected chi connectivity index (χ0v) is 12.1. The second-order valence-electron chi connectivity index (χ2n) is 5.11. The van der Waals surface area contributed by atoms with Gasteiger partial charge in [0.05, 0.1) is 18.1 Å². The van der Waals surface area contributed by atoms with Crippen LogP contribution in [0.5, 0.6) is 0 Å². The van der Waals surface area contributed by atoms with Gasteiger partial charge in [-0.2, -0.15) is 0 Å². The summed E-state index contributed by atoms with van der Waals surface area (Å²) in [6, 6.07) is 3.55. The fourth-order valence-electron chi connectivity index (χ4n) is 2.39. The van der Waals surface area contributed by atoms with Crippen molar-refractivity contribution in [1.82, 2.24) is 10.0 Å². The molecule has 5 nitrogen and oxygen atoms in total. The third-order valence-electron chi connectivity index (χ3n) is 3.47. The molecule has 1 aromatic rings. The highest BCUT2D eigenvalue weighted by Crippen LogP contribution is 2.15. The molecule has 2 rings (SSSR count).